The predicted molar refractivity (Wildman–Crippen MR) is 87.5 cm³/mol. The van der Waals surface area contributed by atoms with Gasteiger partial charge in [0.05, 0.1) is 6.61 Å². The quantitative estimate of drug-likeness (QED) is 0.852. The molecular formula is C18H17NO4. The van der Waals surface area contributed by atoms with Crippen molar-refractivity contribution in [3.8, 4) is 11.5 Å². The predicted octanol–water partition coefficient (Wildman–Crippen LogP) is 2.60. The van der Waals surface area contributed by atoms with E-state index < -0.39 is 0 Å². The molecule has 0 unspecified atom stereocenters. The molecule has 0 radical (unpaired) electrons. The lowest BCUT2D eigenvalue weighted by atomic mass is 10.1. The third kappa shape index (κ3) is 3.90. The fourth-order valence-electron chi connectivity index (χ4n) is 2.27. The molecule has 1 heterocycles. The van der Waals surface area contributed by atoms with Crippen LogP contribution in [-0.4, -0.2) is 24.2 Å². The summed E-state index contributed by atoms with van der Waals surface area (Å²) < 4.78 is 11.0. The van der Waals surface area contributed by atoms with Crippen molar-refractivity contribution in [1.82, 2.24) is 0 Å². The van der Waals surface area contributed by atoms with Gasteiger partial charge in [-0.25, -0.2) is 0 Å². The van der Waals surface area contributed by atoms with Crippen LogP contribution in [0.4, 0.5) is 5.69 Å². The number of ether oxygens (including phenoxy) is 2. The molecule has 5 nitrogen and oxygen atoms in total. The molecule has 5 heteroatoms. The Morgan fingerprint density at radius 2 is 1.96 bits per heavy atom. The van der Waals surface area contributed by atoms with Crippen molar-refractivity contribution in [1.29, 1.82) is 0 Å². The highest BCUT2D eigenvalue weighted by Crippen LogP contribution is 2.31. The number of amides is 1. The lowest BCUT2D eigenvalue weighted by Gasteiger charge is -2.18. The van der Waals surface area contributed by atoms with Gasteiger partial charge in [0, 0.05) is 11.8 Å². The molecule has 118 valence electrons. The van der Waals surface area contributed by atoms with E-state index in [4.69, 9.17) is 14.6 Å². The van der Waals surface area contributed by atoms with Gasteiger partial charge in [-0.2, -0.15) is 0 Å². The van der Waals surface area contributed by atoms with Gasteiger partial charge >= 0.3 is 0 Å². The van der Waals surface area contributed by atoms with Crippen molar-refractivity contribution in [3.63, 3.8) is 0 Å². The maximum atomic E-state index is 12.0. The Morgan fingerprint density at radius 3 is 2.78 bits per heavy atom. The topological polar surface area (TPSA) is 67.8 Å². The van der Waals surface area contributed by atoms with Crippen LogP contribution in [0.3, 0.4) is 0 Å². The first-order valence-electron chi connectivity index (χ1n) is 7.33. The van der Waals surface area contributed by atoms with Crippen molar-refractivity contribution in [2.45, 2.75) is 6.61 Å². The van der Waals surface area contributed by atoms with Crippen molar-refractivity contribution in [3.05, 3.63) is 59.7 Å². The number of fused-ring (bicyclic) bond motifs is 1. The number of nitrogens with one attached hydrogen (secondary N) is 1. The van der Waals surface area contributed by atoms with Gasteiger partial charge in [-0.15, -0.1) is 0 Å². The Balaban J connectivity index is 1.66. The summed E-state index contributed by atoms with van der Waals surface area (Å²) in [5.41, 5.74) is 2.25. The maximum Gasteiger partial charge on any atom is 0.248 e. The highest BCUT2D eigenvalue weighted by Gasteiger charge is 2.10. The molecule has 0 fully saturated rings. The van der Waals surface area contributed by atoms with Gasteiger partial charge in [-0.05, 0) is 41.5 Å². The van der Waals surface area contributed by atoms with Gasteiger partial charge in [0.15, 0.2) is 11.5 Å². The fourth-order valence-corrected chi connectivity index (χ4v) is 2.27. The Hall–Kier alpha value is -2.79. The maximum absolute atomic E-state index is 12.0. The number of rotatable bonds is 4. The molecule has 23 heavy (non-hydrogen) atoms. The summed E-state index contributed by atoms with van der Waals surface area (Å²) in [4.78, 5) is 12.0. The molecule has 0 aromatic heterocycles. The summed E-state index contributed by atoms with van der Waals surface area (Å²) in [6.45, 7) is 1.02. The number of hydrogen-bond acceptors (Lipinski definition) is 4. The molecule has 1 amide bonds. The first kappa shape index (κ1) is 15.1. The largest absolute Gasteiger partial charge is 0.486 e. The monoisotopic (exact) mass is 311 g/mol. The van der Waals surface area contributed by atoms with Crippen LogP contribution in [0.5, 0.6) is 11.5 Å². The number of anilines is 1. The van der Waals surface area contributed by atoms with E-state index in [0.29, 0.717) is 24.7 Å². The van der Waals surface area contributed by atoms with Crippen molar-refractivity contribution >= 4 is 17.7 Å². The molecule has 1 aliphatic rings. The summed E-state index contributed by atoms with van der Waals surface area (Å²) in [7, 11) is 0. The van der Waals surface area contributed by atoms with Crippen LogP contribution in [0.2, 0.25) is 0 Å². The minimum absolute atomic E-state index is 0.0588. The second-order valence-corrected chi connectivity index (χ2v) is 5.08. The highest BCUT2D eigenvalue weighted by molar-refractivity contribution is 6.02. The van der Waals surface area contributed by atoms with Crippen LogP contribution in [-0.2, 0) is 11.4 Å². The van der Waals surface area contributed by atoms with Crippen molar-refractivity contribution in [2.24, 2.45) is 0 Å². The summed E-state index contributed by atoms with van der Waals surface area (Å²) in [5.74, 6) is 1.17. The fraction of sp³-hybridized carbons (Fsp3) is 0.167. The zero-order valence-corrected chi connectivity index (χ0v) is 12.5. The Morgan fingerprint density at radius 1 is 1.13 bits per heavy atom. The first-order chi connectivity index (χ1) is 11.2. The lowest BCUT2D eigenvalue weighted by Crippen LogP contribution is -2.15. The van der Waals surface area contributed by atoms with Gasteiger partial charge in [0.25, 0.3) is 0 Å². The summed E-state index contributed by atoms with van der Waals surface area (Å²) in [6.07, 6.45) is 3.17. The number of aliphatic hydroxyl groups is 1. The Kier molecular flexibility index (Phi) is 4.59. The van der Waals surface area contributed by atoms with E-state index in [1.165, 1.54) is 6.08 Å². The van der Waals surface area contributed by atoms with E-state index in [9.17, 15) is 4.79 Å². The van der Waals surface area contributed by atoms with Gasteiger partial charge in [0.1, 0.15) is 13.2 Å². The zero-order chi connectivity index (χ0) is 16.1. The molecular weight excluding hydrogens is 294 g/mol. The average molecular weight is 311 g/mol. The minimum Gasteiger partial charge on any atom is -0.486 e. The first-order valence-corrected chi connectivity index (χ1v) is 7.33. The number of aliphatic hydroxyl groups excluding tert-OH is 1. The van der Waals surface area contributed by atoms with E-state index in [1.54, 1.807) is 30.3 Å². The average Bonchev–Trinajstić information content (AvgIpc) is 2.60. The second-order valence-electron chi connectivity index (χ2n) is 5.08. The van der Waals surface area contributed by atoms with Crippen molar-refractivity contribution < 1.29 is 19.4 Å². The molecule has 0 spiro atoms. The van der Waals surface area contributed by atoms with Crippen LogP contribution in [0.25, 0.3) is 6.08 Å². The molecule has 0 aliphatic carbocycles. The normalized spacial score (nSPS) is 13.1. The number of carbonyl (C=O) groups is 1. The van der Waals surface area contributed by atoms with Gasteiger partial charge in [0.2, 0.25) is 5.91 Å². The molecule has 2 N–H and O–H groups in total. The number of hydrogen-bond donors (Lipinski definition) is 2. The lowest BCUT2D eigenvalue weighted by molar-refractivity contribution is -0.111. The summed E-state index contributed by atoms with van der Waals surface area (Å²) in [5, 5.41) is 11.9. The molecule has 1 aliphatic heterocycles. The Bertz CT molecular complexity index is 740. The Labute approximate surface area is 134 Å². The van der Waals surface area contributed by atoms with E-state index in [-0.39, 0.29) is 12.5 Å². The van der Waals surface area contributed by atoms with Gasteiger partial charge in [-0.3, -0.25) is 4.79 Å². The number of carbonyl (C=O) groups excluding carboxylic acids is 1. The van der Waals surface area contributed by atoms with Crippen molar-refractivity contribution in [2.75, 3.05) is 18.5 Å². The summed E-state index contributed by atoms with van der Waals surface area (Å²) >= 11 is 0. The standard InChI is InChI=1S/C18H17NO4/c20-12-14-2-1-3-15(10-14)19-18(21)7-5-13-4-6-16-17(11-13)23-9-8-22-16/h1-7,10-11,20H,8-9,12H2,(H,19,21)/b7-5+. The molecule has 0 atom stereocenters. The smallest absolute Gasteiger partial charge is 0.248 e. The molecule has 2 aromatic rings. The second kappa shape index (κ2) is 6.98. The highest BCUT2D eigenvalue weighted by atomic mass is 16.6. The van der Waals surface area contributed by atoms with E-state index in [0.717, 1.165) is 16.9 Å². The van der Waals surface area contributed by atoms with E-state index in [1.807, 2.05) is 18.2 Å². The summed E-state index contributed by atoms with van der Waals surface area (Å²) in [6, 6.07) is 12.6. The van der Waals surface area contributed by atoms with Crippen LogP contribution < -0.4 is 14.8 Å². The van der Waals surface area contributed by atoms with Crippen LogP contribution >= 0.6 is 0 Å². The zero-order valence-electron chi connectivity index (χ0n) is 12.5. The molecule has 3 rings (SSSR count). The number of benzene rings is 2. The third-order valence-electron chi connectivity index (χ3n) is 3.37. The van der Waals surface area contributed by atoms with Crippen LogP contribution in [0, 0.1) is 0 Å². The van der Waals surface area contributed by atoms with Gasteiger partial charge < -0.3 is 19.9 Å². The molecule has 0 bridgehead atoms. The molecule has 0 saturated carbocycles. The van der Waals surface area contributed by atoms with Crippen LogP contribution in [0.1, 0.15) is 11.1 Å². The van der Waals surface area contributed by atoms with E-state index >= 15 is 0 Å². The third-order valence-corrected chi connectivity index (χ3v) is 3.37. The van der Waals surface area contributed by atoms with Crippen LogP contribution in [0.15, 0.2) is 48.5 Å². The molecule has 0 saturated heterocycles. The van der Waals surface area contributed by atoms with E-state index in [2.05, 4.69) is 5.32 Å². The molecule has 2 aromatic carbocycles. The minimum atomic E-state index is -0.241. The van der Waals surface area contributed by atoms with Gasteiger partial charge in [-0.1, -0.05) is 18.2 Å². The SMILES string of the molecule is O=C(/C=C/c1ccc2c(c1)OCCO2)Nc1cccc(CO)c1.